The van der Waals surface area contributed by atoms with E-state index in [9.17, 15) is 19.4 Å². The summed E-state index contributed by atoms with van der Waals surface area (Å²) >= 11 is 0. The van der Waals surface area contributed by atoms with Gasteiger partial charge in [-0.3, -0.25) is 13.8 Å². The first-order valence-electron chi connectivity index (χ1n) is 23.4. The van der Waals surface area contributed by atoms with Crippen LogP contribution in [0.3, 0.4) is 0 Å². The number of carbonyl (C=O) groups excluding carboxylic acids is 1. The van der Waals surface area contributed by atoms with E-state index in [2.05, 4.69) is 43.5 Å². The van der Waals surface area contributed by atoms with E-state index in [1.165, 1.54) is 135 Å². The van der Waals surface area contributed by atoms with Gasteiger partial charge < -0.3 is 19.8 Å². The molecule has 0 rings (SSSR count). The molecule has 0 heterocycles. The molecular weight excluding hydrogens is 719 g/mol. The summed E-state index contributed by atoms with van der Waals surface area (Å²) in [6, 6.07) is -0.844. The first kappa shape index (κ1) is 54.7. The second-order valence-corrected chi connectivity index (χ2v) is 18.6. The van der Waals surface area contributed by atoms with Gasteiger partial charge in [0, 0.05) is 6.42 Å². The normalized spacial score (nSPS) is 14.6. The Balaban J connectivity index is 4.30. The number of aliphatic hydroxyl groups excluding tert-OH is 1. The van der Waals surface area contributed by atoms with Gasteiger partial charge in [-0.1, -0.05) is 192 Å². The lowest BCUT2D eigenvalue weighted by Gasteiger charge is -2.25. The number of amides is 1. The molecule has 0 radical (unpaired) electrons. The van der Waals surface area contributed by atoms with Crippen LogP contribution in [-0.2, 0) is 18.4 Å². The molecule has 0 spiro atoms. The van der Waals surface area contributed by atoms with Crippen LogP contribution in [0, 0.1) is 0 Å². The largest absolute Gasteiger partial charge is 0.472 e. The van der Waals surface area contributed by atoms with Gasteiger partial charge in [-0.15, -0.1) is 0 Å². The average molecular weight is 812 g/mol. The molecule has 0 aromatic heterocycles. The molecule has 330 valence electrons. The number of phosphoric ester groups is 1. The van der Waals surface area contributed by atoms with Gasteiger partial charge in [0.1, 0.15) is 13.2 Å². The number of hydrogen-bond donors (Lipinski definition) is 3. The van der Waals surface area contributed by atoms with Crippen molar-refractivity contribution in [3.8, 4) is 0 Å². The van der Waals surface area contributed by atoms with Gasteiger partial charge in [-0.2, -0.15) is 0 Å². The standard InChI is InChI=1S/C47H91N2O6P/c1-6-8-10-12-14-16-18-20-21-22-23-24-25-26-27-29-31-33-35-37-39-41-47(51)48-45(44-55-56(52,53)54-43-42-49(3,4)5)46(50)40-38-36-34-32-30-28-19-17-15-13-11-9-7-2/h8,10,14,16,38,40,45-46,50H,6-7,9,11-13,15,17-37,39,41-44H2,1-5H3,(H-,48,51,52,53)/p+1/b10-8-,16-14-,40-38+. The highest BCUT2D eigenvalue weighted by Gasteiger charge is 2.27. The van der Waals surface area contributed by atoms with Crippen molar-refractivity contribution in [2.75, 3.05) is 40.9 Å². The molecule has 56 heavy (non-hydrogen) atoms. The minimum Gasteiger partial charge on any atom is -0.387 e. The quantitative estimate of drug-likeness (QED) is 0.0245. The Morgan fingerprint density at radius 3 is 1.55 bits per heavy atom. The third-order valence-electron chi connectivity index (χ3n) is 10.4. The maximum atomic E-state index is 12.9. The van der Waals surface area contributed by atoms with Crippen molar-refractivity contribution in [1.29, 1.82) is 0 Å². The molecule has 3 unspecified atom stereocenters. The lowest BCUT2D eigenvalue weighted by molar-refractivity contribution is -0.870. The summed E-state index contributed by atoms with van der Waals surface area (Å²) < 4.78 is 23.6. The van der Waals surface area contributed by atoms with Gasteiger partial charge in [-0.25, -0.2) is 4.57 Å². The number of aliphatic hydroxyl groups is 1. The number of carbonyl (C=O) groups is 1. The fourth-order valence-electron chi connectivity index (χ4n) is 6.67. The van der Waals surface area contributed by atoms with Crippen LogP contribution < -0.4 is 5.32 Å². The van der Waals surface area contributed by atoms with Gasteiger partial charge in [0.05, 0.1) is 39.9 Å². The van der Waals surface area contributed by atoms with Crippen LogP contribution in [0.25, 0.3) is 0 Å². The van der Waals surface area contributed by atoms with E-state index in [0.29, 0.717) is 17.4 Å². The monoisotopic (exact) mass is 812 g/mol. The van der Waals surface area contributed by atoms with Crippen molar-refractivity contribution in [1.82, 2.24) is 5.32 Å². The lowest BCUT2D eigenvalue weighted by Crippen LogP contribution is -2.45. The summed E-state index contributed by atoms with van der Waals surface area (Å²) in [6.45, 7) is 4.71. The van der Waals surface area contributed by atoms with Crippen molar-refractivity contribution in [2.45, 2.75) is 219 Å². The second kappa shape index (κ2) is 39.2. The summed E-state index contributed by atoms with van der Waals surface area (Å²) in [7, 11) is 1.57. The van der Waals surface area contributed by atoms with Crippen molar-refractivity contribution >= 4 is 13.7 Å². The maximum absolute atomic E-state index is 12.9. The van der Waals surface area contributed by atoms with Crippen molar-refractivity contribution in [3.63, 3.8) is 0 Å². The molecule has 0 saturated heterocycles. The Bertz CT molecular complexity index is 1010. The van der Waals surface area contributed by atoms with Crippen LogP contribution in [0.1, 0.15) is 206 Å². The summed E-state index contributed by atoms with van der Waals surface area (Å²) in [5, 5.41) is 13.8. The zero-order chi connectivity index (χ0) is 41.4. The number of hydrogen-bond acceptors (Lipinski definition) is 5. The number of rotatable bonds is 42. The number of quaternary nitrogens is 1. The van der Waals surface area contributed by atoms with Crippen LogP contribution in [0.15, 0.2) is 36.5 Å². The van der Waals surface area contributed by atoms with Crippen LogP contribution in [0.4, 0.5) is 0 Å². The molecule has 0 fully saturated rings. The molecule has 3 N–H and O–H groups in total. The highest BCUT2D eigenvalue weighted by atomic mass is 31.2. The van der Waals surface area contributed by atoms with Crippen molar-refractivity contribution in [2.24, 2.45) is 0 Å². The number of allylic oxidation sites excluding steroid dienone is 5. The van der Waals surface area contributed by atoms with E-state index in [1.54, 1.807) is 6.08 Å². The number of nitrogens with zero attached hydrogens (tertiary/aromatic N) is 1. The van der Waals surface area contributed by atoms with E-state index in [1.807, 2.05) is 27.2 Å². The van der Waals surface area contributed by atoms with E-state index < -0.39 is 20.0 Å². The fraction of sp³-hybridized carbons (Fsp3) is 0.851. The number of likely N-dealkylation sites (N-methyl/N-ethyl adjacent to an activating group) is 1. The van der Waals surface area contributed by atoms with Crippen LogP contribution in [0.5, 0.6) is 0 Å². The zero-order valence-corrected chi connectivity index (χ0v) is 38.3. The first-order valence-corrected chi connectivity index (χ1v) is 24.9. The zero-order valence-electron chi connectivity index (χ0n) is 37.4. The Morgan fingerprint density at radius 1 is 0.625 bits per heavy atom. The van der Waals surface area contributed by atoms with Crippen molar-refractivity contribution < 1.29 is 32.9 Å². The van der Waals surface area contributed by atoms with Gasteiger partial charge in [-0.05, 0) is 44.9 Å². The Labute approximate surface area is 347 Å². The van der Waals surface area contributed by atoms with Gasteiger partial charge >= 0.3 is 7.82 Å². The van der Waals surface area contributed by atoms with Crippen LogP contribution >= 0.6 is 7.82 Å². The number of unbranched alkanes of at least 4 members (excludes halogenated alkanes) is 25. The molecule has 0 saturated carbocycles. The van der Waals surface area contributed by atoms with Gasteiger partial charge in [0.15, 0.2) is 0 Å². The third-order valence-corrected chi connectivity index (χ3v) is 11.4. The molecule has 9 heteroatoms. The minimum absolute atomic E-state index is 0.0619. The predicted molar refractivity (Wildman–Crippen MR) is 240 cm³/mol. The molecule has 0 aliphatic heterocycles. The SMILES string of the molecule is CC/C=C\C/C=C\CCCCCCCCCCCCCCCCC(=O)NC(COP(=O)(O)OCC[N+](C)(C)C)C(O)/C=C/CCCCCCCCCCCCC. The lowest BCUT2D eigenvalue weighted by atomic mass is 10.0. The Kier molecular flexibility index (Phi) is 38.3. The molecule has 0 aliphatic carbocycles. The molecule has 3 atom stereocenters. The fourth-order valence-corrected chi connectivity index (χ4v) is 7.40. The Hall–Kier alpha value is -1.28. The Morgan fingerprint density at radius 2 is 1.07 bits per heavy atom. The van der Waals surface area contributed by atoms with Gasteiger partial charge in [0.2, 0.25) is 5.91 Å². The third kappa shape index (κ3) is 40.9. The average Bonchev–Trinajstić information content (AvgIpc) is 3.15. The van der Waals surface area contributed by atoms with E-state index in [-0.39, 0.29) is 19.1 Å². The van der Waals surface area contributed by atoms with Crippen molar-refractivity contribution in [3.05, 3.63) is 36.5 Å². The summed E-state index contributed by atoms with van der Waals surface area (Å²) in [4.78, 5) is 23.1. The summed E-state index contributed by atoms with van der Waals surface area (Å²) in [6.07, 6.45) is 47.8. The number of phosphoric acid groups is 1. The molecular formula is C47H92N2O6P+. The highest BCUT2D eigenvalue weighted by Crippen LogP contribution is 2.43. The van der Waals surface area contributed by atoms with E-state index >= 15 is 0 Å². The minimum atomic E-state index is -4.33. The predicted octanol–water partition coefficient (Wildman–Crippen LogP) is 13.1. The van der Waals surface area contributed by atoms with E-state index in [4.69, 9.17) is 9.05 Å². The summed E-state index contributed by atoms with van der Waals surface area (Å²) in [5.41, 5.74) is 0. The van der Waals surface area contributed by atoms with Gasteiger partial charge in [0.25, 0.3) is 0 Å². The highest BCUT2D eigenvalue weighted by molar-refractivity contribution is 7.47. The van der Waals surface area contributed by atoms with E-state index in [0.717, 1.165) is 51.4 Å². The number of nitrogens with one attached hydrogen (secondary N) is 1. The maximum Gasteiger partial charge on any atom is 0.472 e. The molecule has 1 amide bonds. The van der Waals surface area contributed by atoms with Crippen LogP contribution in [0.2, 0.25) is 0 Å². The second-order valence-electron chi connectivity index (χ2n) is 17.1. The topological polar surface area (TPSA) is 105 Å². The summed E-state index contributed by atoms with van der Waals surface area (Å²) in [5.74, 6) is -0.178. The smallest absolute Gasteiger partial charge is 0.387 e. The molecule has 0 bridgehead atoms. The molecule has 8 nitrogen and oxygen atoms in total. The molecule has 0 aromatic rings. The first-order chi connectivity index (χ1) is 27.0. The van der Waals surface area contributed by atoms with Crippen LogP contribution in [-0.4, -0.2) is 73.4 Å². The molecule has 0 aromatic carbocycles. The molecule has 0 aliphatic rings.